The summed E-state index contributed by atoms with van der Waals surface area (Å²) in [7, 11) is 0. The molecule has 3 aliphatic rings. The molecule has 0 aromatic rings. The van der Waals surface area contributed by atoms with Crippen molar-refractivity contribution in [2.75, 3.05) is 6.54 Å². The molecule has 1 N–H and O–H groups in total. The van der Waals surface area contributed by atoms with E-state index in [9.17, 15) is 0 Å². The lowest BCUT2D eigenvalue weighted by Gasteiger charge is -2.11. The minimum atomic E-state index is 0.606. The van der Waals surface area contributed by atoms with Crippen LogP contribution in [-0.2, 0) is 4.74 Å². The van der Waals surface area contributed by atoms with Crippen molar-refractivity contribution >= 4 is 0 Å². The van der Waals surface area contributed by atoms with Crippen LogP contribution in [0.2, 0.25) is 0 Å². The maximum absolute atomic E-state index is 5.70. The topological polar surface area (TPSA) is 21.3 Å². The molecule has 4 unspecified atom stereocenters. The Morgan fingerprint density at radius 2 is 2.33 bits per heavy atom. The number of ether oxygens (including phenoxy) is 1. The van der Waals surface area contributed by atoms with Gasteiger partial charge in [0.1, 0.15) is 0 Å². The van der Waals surface area contributed by atoms with Crippen LogP contribution in [0.5, 0.6) is 0 Å². The van der Waals surface area contributed by atoms with Crippen molar-refractivity contribution in [3.05, 3.63) is 0 Å². The van der Waals surface area contributed by atoms with Gasteiger partial charge in [0, 0.05) is 18.5 Å². The summed E-state index contributed by atoms with van der Waals surface area (Å²) < 4.78 is 5.70. The Bertz CT molecular complexity index is 131. The summed E-state index contributed by atoms with van der Waals surface area (Å²) in [6.45, 7) is 1.21. The highest BCUT2D eigenvalue weighted by atomic mass is 16.5. The summed E-state index contributed by atoms with van der Waals surface area (Å²) in [4.78, 5) is 0. The average molecular weight is 125 g/mol. The molecule has 2 heteroatoms. The summed E-state index contributed by atoms with van der Waals surface area (Å²) in [6, 6.07) is 0.730. The molecule has 0 amide bonds. The van der Waals surface area contributed by atoms with Gasteiger partial charge in [0.05, 0.1) is 12.2 Å². The van der Waals surface area contributed by atoms with Gasteiger partial charge in [-0.2, -0.15) is 0 Å². The molecule has 9 heavy (non-hydrogen) atoms. The quantitative estimate of drug-likeness (QED) is 0.497. The van der Waals surface area contributed by atoms with Crippen LogP contribution in [0.25, 0.3) is 0 Å². The van der Waals surface area contributed by atoms with Crippen LogP contribution in [0, 0.1) is 5.92 Å². The Hall–Kier alpha value is -0.0800. The van der Waals surface area contributed by atoms with E-state index in [-0.39, 0.29) is 0 Å². The van der Waals surface area contributed by atoms with Crippen molar-refractivity contribution in [1.82, 2.24) is 5.32 Å². The molecule has 0 spiro atoms. The van der Waals surface area contributed by atoms with Crippen LogP contribution >= 0.6 is 0 Å². The van der Waals surface area contributed by atoms with Gasteiger partial charge >= 0.3 is 0 Å². The van der Waals surface area contributed by atoms with Gasteiger partial charge in [-0.3, -0.25) is 0 Å². The van der Waals surface area contributed by atoms with Crippen LogP contribution < -0.4 is 5.32 Å². The molecule has 3 aliphatic heterocycles. The van der Waals surface area contributed by atoms with Crippen LogP contribution in [0.4, 0.5) is 0 Å². The van der Waals surface area contributed by atoms with Crippen molar-refractivity contribution in [3.63, 3.8) is 0 Å². The number of fused-ring (bicyclic) bond motifs is 1. The molecule has 0 saturated carbocycles. The van der Waals surface area contributed by atoms with Crippen molar-refractivity contribution < 1.29 is 4.74 Å². The highest BCUT2D eigenvalue weighted by molar-refractivity contribution is 5.04. The predicted octanol–water partition coefficient (Wildman–Crippen LogP) is 0.136. The molecular formula is C7H11NO. The lowest BCUT2D eigenvalue weighted by molar-refractivity contribution is 0.0970. The third-order valence-electron chi connectivity index (χ3n) is 2.94. The SMILES string of the molecule is C1NC2CC3CC1C2O3. The second kappa shape index (κ2) is 1.32. The van der Waals surface area contributed by atoms with Crippen molar-refractivity contribution in [1.29, 1.82) is 0 Å². The van der Waals surface area contributed by atoms with E-state index in [4.69, 9.17) is 4.74 Å². The van der Waals surface area contributed by atoms with Crippen LogP contribution in [0.1, 0.15) is 12.8 Å². The minimum Gasteiger partial charge on any atom is -0.373 e. The number of rotatable bonds is 0. The van der Waals surface area contributed by atoms with Crippen LogP contribution in [0.15, 0.2) is 0 Å². The predicted molar refractivity (Wildman–Crippen MR) is 33.2 cm³/mol. The second-order valence-electron chi connectivity index (χ2n) is 3.47. The number of hydrogen-bond donors (Lipinski definition) is 1. The fourth-order valence-corrected chi connectivity index (χ4v) is 2.55. The fourth-order valence-electron chi connectivity index (χ4n) is 2.55. The molecule has 2 nitrogen and oxygen atoms in total. The van der Waals surface area contributed by atoms with Crippen LogP contribution in [-0.4, -0.2) is 24.8 Å². The Morgan fingerprint density at radius 3 is 3.00 bits per heavy atom. The van der Waals surface area contributed by atoms with E-state index in [0.717, 1.165) is 12.0 Å². The van der Waals surface area contributed by atoms with Gasteiger partial charge in [-0.1, -0.05) is 0 Å². The van der Waals surface area contributed by atoms with Crippen molar-refractivity contribution in [3.8, 4) is 0 Å². The molecule has 0 radical (unpaired) electrons. The third kappa shape index (κ3) is 0.447. The Kier molecular flexibility index (Phi) is 0.691. The average Bonchev–Trinajstić information content (AvgIpc) is 2.35. The summed E-state index contributed by atoms with van der Waals surface area (Å²) in [5.41, 5.74) is 0. The van der Waals surface area contributed by atoms with Crippen LogP contribution in [0.3, 0.4) is 0 Å². The van der Waals surface area contributed by atoms with E-state index in [1.165, 1.54) is 19.4 Å². The van der Waals surface area contributed by atoms with Gasteiger partial charge in [-0.25, -0.2) is 0 Å². The smallest absolute Gasteiger partial charge is 0.0773 e. The molecule has 3 saturated heterocycles. The largest absolute Gasteiger partial charge is 0.373 e. The van der Waals surface area contributed by atoms with E-state index in [1.54, 1.807) is 0 Å². The second-order valence-corrected chi connectivity index (χ2v) is 3.47. The molecule has 3 heterocycles. The Balaban J connectivity index is 2.02. The first-order chi connectivity index (χ1) is 4.43. The van der Waals surface area contributed by atoms with Gasteiger partial charge in [0.2, 0.25) is 0 Å². The summed E-state index contributed by atoms with van der Waals surface area (Å²) in [5, 5.41) is 3.48. The Morgan fingerprint density at radius 1 is 1.33 bits per heavy atom. The molecule has 3 fully saturated rings. The van der Waals surface area contributed by atoms with Crippen molar-refractivity contribution in [2.45, 2.75) is 31.1 Å². The molecule has 3 rings (SSSR count). The van der Waals surface area contributed by atoms with Gasteiger partial charge in [0.25, 0.3) is 0 Å². The summed E-state index contributed by atoms with van der Waals surface area (Å²) >= 11 is 0. The van der Waals surface area contributed by atoms with Crippen molar-refractivity contribution in [2.24, 2.45) is 5.92 Å². The monoisotopic (exact) mass is 125 g/mol. The minimum absolute atomic E-state index is 0.606. The maximum Gasteiger partial charge on any atom is 0.0773 e. The molecule has 0 aromatic carbocycles. The molecular weight excluding hydrogens is 114 g/mol. The molecule has 50 valence electrons. The highest BCUT2D eigenvalue weighted by Crippen LogP contribution is 2.42. The zero-order chi connectivity index (χ0) is 5.84. The lowest BCUT2D eigenvalue weighted by atomic mass is 9.91. The highest BCUT2D eigenvalue weighted by Gasteiger charge is 2.51. The normalized spacial score (nSPS) is 61.3. The van der Waals surface area contributed by atoms with Gasteiger partial charge in [-0.15, -0.1) is 0 Å². The van der Waals surface area contributed by atoms with Gasteiger partial charge < -0.3 is 10.1 Å². The third-order valence-corrected chi connectivity index (χ3v) is 2.94. The zero-order valence-electron chi connectivity index (χ0n) is 5.34. The van der Waals surface area contributed by atoms with Gasteiger partial charge in [-0.05, 0) is 12.8 Å². The van der Waals surface area contributed by atoms with E-state index in [1.807, 2.05) is 0 Å². The summed E-state index contributed by atoms with van der Waals surface area (Å²) in [5.74, 6) is 0.869. The van der Waals surface area contributed by atoms with Gasteiger partial charge in [0.15, 0.2) is 0 Å². The first-order valence-electron chi connectivity index (χ1n) is 3.82. The molecule has 0 aromatic heterocycles. The lowest BCUT2D eigenvalue weighted by Crippen LogP contribution is -2.27. The van der Waals surface area contributed by atoms with E-state index in [2.05, 4.69) is 5.32 Å². The fraction of sp³-hybridized carbons (Fsp3) is 1.00. The molecule has 0 aliphatic carbocycles. The van der Waals surface area contributed by atoms with E-state index < -0.39 is 0 Å². The summed E-state index contributed by atoms with van der Waals surface area (Å²) in [6.07, 6.45) is 3.84. The standard InChI is InChI=1S/C7H11NO/c1-4-3-8-6-2-5(1)9-7(4)6/h4-8H,1-3H2. The molecule has 4 atom stereocenters. The van der Waals surface area contributed by atoms with E-state index >= 15 is 0 Å². The first kappa shape index (κ1) is 4.69. The number of hydrogen-bond acceptors (Lipinski definition) is 2. The molecule has 2 bridgehead atoms. The van der Waals surface area contributed by atoms with E-state index in [0.29, 0.717) is 12.2 Å². The first-order valence-corrected chi connectivity index (χ1v) is 3.82. The maximum atomic E-state index is 5.70. The number of nitrogens with one attached hydrogen (secondary N) is 1. The zero-order valence-corrected chi connectivity index (χ0v) is 5.34. The Labute approximate surface area is 54.6 Å².